The van der Waals surface area contributed by atoms with Gasteiger partial charge < -0.3 is 15.9 Å². The van der Waals surface area contributed by atoms with Crippen LogP contribution in [0.2, 0.25) is 10.0 Å². The monoisotopic (exact) mass is 433 g/mol. The van der Waals surface area contributed by atoms with Crippen molar-refractivity contribution in [1.82, 2.24) is 0 Å². The van der Waals surface area contributed by atoms with Crippen LogP contribution in [0.4, 0.5) is 11.4 Å². The summed E-state index contributed by atoms with van der Waals surface area (Å²) >= 11 is 13.4. The van der Waals surface area contributed by atoms with Crippen molar-refractivity contribution in [2.24, 2.45) is 5.16 Å². The third kappa shape index (κ3) is 5.04. The topological polar surface area (TPSA) is 76.7 Å². The lowest BCUT2D eigenvalue weighted by atomic mass is 10.1. The molecule has 8 heteroatoms. The smallest absolute Gasteiger partial charge is 0.265 e. The highest BCUT2D eigenvalue weighted by molar-refractivity contribution is 7.14. The molecule has 1 amide bonds. The van der Waals surface area contributed by atoms with Gasteiger partial charge in [-0.1, -0.05) is 46.6 Å². The van der Waals surface area contributed by atoms with Crippen molar-refractivity contribution in [3.05, 3.63) is 80.0 Å². The molecule has 3 rings (SSSR count). The summed E-state index contributed by atoms with van der Waals surface area (Å²) in [6, 6.07) is 15.9. The number of oxime groups is 1. The minimum atomic E-state index is -0.221. The molecule has 0 unspecified atom stereocenters. The van der Waals surface area contributed by atoms with Crippen LogP contribution in [0.15, 0.2) is 59.8 Å². The summed E-state index contributed by atoms with van der Waals surface area (Å²) in [6.07, 6.45) is 0. The predicted octanol–water partition coefficient (Wildman–Crippen LogP) is 5.83. The van der Waals surface area contributed by atoms with Gasteiger partial charge in [-0.15, -0.1) is 11.3 Å². The molecule has 1 heterocycles. The second-order valence-electron chi connectivity index (χ2n) is 5.88. The lowest BCUT2D eigenvalue weighted by molar-refractivity contribution is 0.103. The summed E-state index contributed by atoms with van der Waals surface area (Å²) in [5.74, 6) is -0.221. The average molecular weight is 434 g/mol. The lowest BCUT2D eigenvalue weighted by Crippen LogP contribution is -2.11. The number of rotatable bonds is 6. The largest absolute Gasteiger partial charge is 0.397 e. The van der Waals surface area contributed by atoms with E-state index < -0.39 is 0 Å². The number of carbonyl (C=O) groups excluding carboxylic acids is 1. The molecule has 5 nitrogen and oxygen atoms in total. The first-order valence-electron chi connectivity index (χ1n) is 8.30. The Morgan fingerprint density at radius 3 is 2.71 bits per heavy atom. The highest BCUT2D eigenvalue weighted by Crippen LogP contribution is 2.23. The van der Waals surface area contributed by atoms with E-state index in [2.05, 4.69) is 10.5 Å². The summed E-state index contributed by atoms with van der Waals surface area (Å²) in [5, 5.41) is 7.96. The third-order valence-corrected chi connectivity index (χ3v) is 5.43. The molecule has 1 aromatic heterocycles. The number of nitrogens with zero attached hydrogens (tertiary/aromatic N) is 1. The molecule has 0 spiro atoms. The molecule has 0 radical (unpaired) electrons. The number of hydrogen-bond donors (Lipinski definition) is 2. The Morgan fingerprint density at radius 1 is 1.18 bits per heavy atom. The van der Waals surface area contributed by atoms with Gasteiger partial charge >= 0.3 is 0 Å². The SMILES string of the molecule is CC(=NOCc1ccc(C(=O)Nc2ccccc2N)s1)c1ccc(Cl)cc1Cl. The van der Waals surface area contributed by atoms with Gasteiger partial charge in [0.1, 0.15) is 0 Å². The van der Waals surface area contributed by atoms with Crippen LogP contribution in [-0.4, -0.2) is 11.6 Å². The van der Waals surface area contributed by atoms with Crippen molar-refractivity contribution in [1.29, 1.82) is 0 Å². The highest BCUT2D eigenvalue weighted by atomic mass is 35.5. The standard InChI is InChI=1S/C20H17Cl2N3O2S/c1-12(15-8-6-13(21)10-16(15)22)25-27-11-14-7-9-19(28-14)20(26)24-18-5-3-2-4-17(18)23/h2-10H,11,23H2,1H3,(H,24,26). The second kappa shape index (κ2) is 9.10. The van der Waals surface area contributed by atoms with Crippen LogP contribution in [-0.2, 0) is 11.4 Å². The van der Waals surface area contributed by atoms with E-state index in [0.717, 1.165) is 10.4 Å². The zero-order valence-corrected chi connectivity index (χ0v) is 17.2. The normalized spacial score (nSPS) is 11.3. The number of carbonyl (C=O) groups is 1. The maximum Gasteiger partial charge on any atom is 0.265 e. The summed E-state index contributed by atoms with van der Waals surface area (Å²) < 4.78 is 0. The summed E-state index contributed by atoms with van der Waals surface area (Å²) in [6.45, 7) is 2.04. The minimum absolute atomic E-state index is 0.221. The van der Waals surface area contributed by atoms with Crippen molar-refractivity contribution in [3.8, 4) is 0 Å². The molecule has 0 saturated carbocycles. The van der Waals surface area contributed by atoms with Crippen LogP contribution in [0.3, 0.4) is 0 Å². The lowest BCUT2D eigenvalue weighted by Gasteiger charge is -2.06. The molecule has 28 heavy (non-hydrogen) atoms. The van der Waals surface area contributed by atoms with Gasteiger partial charge in [-0.05, 0) is 43.3 Å². The van der Waals surface area contributed by atoms with Gasteiger partial charge in [0.05, 0.1) is 27.0 Å². The molecular weight excluding hydrogens is 417 g/mol. The van der Waals surface area contributed by atoms with Crippen molar-refractivity contribution < 1.29 is 9.63 Å². The molecule has 0 saturated heterocycles. The van der Waals surface area contributed by atoms with E-state index >= 15 is 0 Å². The Labute approximate surface area is 176 Å². The van der Waals surface area contributed by atoms with Crippen LogP contribution >= 0.6 is 34.5 Å². The van der Waals surface area contributed by atoms with E-state index in [0.29, 0.717) is 32.0 Å². The van der Waals surface area contributed by atoms with Gasteiger partial charge in [-0.25, -0.2) is 0 Å². The first-order valence-corrected chi connectivity index (χ1v) is 9.88. The number of halogens is 2. The maximum atomic E-state index is 12.4. The van der Waals surface area contributed by atoms with Gasteiger partial charge in [0.2, 0.25) is 0 Å². The van der Waals surface area contributed by atoms with Crippen molar-refractivity contribution in [2.45, 2.75) is 13.5 Å². The molecule has 2 aromatic carbocycles. The fourth-order valence-electron chi connectivity index (χ4n) is 2.40. The van der Waals surface area contributed by atoms with Gasteiger partial charge in [-0.3, -0.25) is 4.79 Å². The zero-order chi connectivity index (χ0) is 20.1. The highest BCUT2D eigenvalue weighted by Gasteiger charge is 2.11. The Bertz CT molecular complexity index is 1030. The van der Waals surface area contributed by atoms with Crippen molar-refractivity contribution in [3.63, 3.8) is 0 Å². The zero-order valence-electron chi connectivity index (χ0n) is 14.9. The van der Waals surface area contributed by atoms with E-state index in [-0.39, 0.29) is 12.5 Å². The fraction of sp³-hybridized carbons (Fsp3) is 0.100. The molecule has 0 aliphatic rings. The van der Waals surface area contributed by atoms with Crippen molar-refractivity contribution in [2.75, 3.05) is 11.1 Å². The van der Waals surface area contributed by atoms with Crippen LogP contribution in [0.5, 0.6) is 0 Å². The van der Waals surface area contributed by atoms with Gasteiger partial charge in [0.15, 0.2) is 6.61 Å². The number of amides is 1. The van der Waals surface area contributed by atoms with Crippen LogP contribution < -0.4 is 11.1 Å². The van der Waals surface area contributed by atoms with Crippen LogP contribution in [0.25, 0.3) is 0 Å². The van der Waals surface area contributed by atoms with Gasteiger partial charge in [0.25, 0.3) is 5.91 Å². The number of nitrogens with two attached hydrogens (primary N) is 1. The molecule has 3 aromatic rings. The molecule has 144 valence electrons. The minimum Gasteiger partial charge on any atom is -0.397 e. The number of nitrogens with one attached hydrogen (secondary N) is 1. The van der Waals surface area contributed by atoms with E-state index in [9.17, 15) is 4.79 Å². The van der Waals surface area contributed by atoms with E-state index in [1.165, 1.54) is 11.3 Å². The number of benzene rings is 2. The third-order valence-electron chi connectivity index (χ3n) is 3.82. The molecule has 0 bridgehead atoms. The van der Waals surface area contributed by atoms with Crippen LogP contribution in [0, 0.1) is 0 Å². The summed E-state index contributed by atoms with van der Waals surface area (Å²) in [7, 11) is 0. The second-order valence-corrected chi connectivity index (χ2v) is 7.89. The maximum absolute atomic E-state index is 12.4. The van der Waals surface area contributed by atoms with E-state index in [1.54, 1.807) is 43.3 Å². The van der Waals surface area contributed by atoms with Crippen LogP contribution in [0.1, 0.15) is 27.0 Å². The first kappa shape index (κ1) is 20.2. The predicted molar refractivity (Wildman–Crippen MR) is 117 cm³/mol. The molecule has 3 N–H and O–H groups in total. The number of nitrogen functional groups attached to an aromatic ring is 1. The van der Waals surface area contributed by atoms with Crippen molar-refractivity contribution >= 4 is 57.5 Å². The Kier molecular flexibility index (Phi) is 6.57. The summed E-state index contributed by atoms with van der Waals surface area (Å²) in [4.78, 5) is 19.2. The quantitative estimate of drug-likeness (QED) is 0.291. The number of hydrogen-bond acceptors (Lipinski definition) is 5. The summed E-state index contributed by atoms with van der Waals surface area (Å²) in [5.41, 5.74) is 8.33. The Morgan fingerprint density at radius 2 is 1.96 bits per heavy atom. The molecular formula is C20H17Cl2N3O2S. The molecule has 0 fully saturated rings. The first-order chi connectivity index (χ1) is 13.4. The van der Waals surface area contributed by atoms with Gasteiger partial charge in [-0.2, -0.15) is 0 Å². The van der Waals surface area contributed by atoms with E-state index in [1.807, 2.05) is 18.2 Å². The number of para-hydroxylation sites is 2. The average Bonchev–Trinajstić information content (AvgIpc) is 3.12. The Balaban J connectivity index is 1.60. The molecule has 0 atom stereocenters. The fourth-order valence-corrected chi connectivity index (χ4v) is 3.75. The van der Waals surface area contributed by atoms with E-state index in [4.69, 9.17) is 33.8 Å². The molecule has 0 aliphatic carbocycles. The molecule has 0 aliphatic heterocycles. The number of anilines is 2. The van der Waals surface area contributed by atoms with Gasteiger partial charge in [0, 0.05) is 15.5 Å². The Hall–Kier alpha value is -2.54. The number of thiophene rings is 1.